The van der Waals surface area contributed by atoms with E-state index in [1.807, 2.05) is 49.1 Å². The lowest BCUT2D eigenvalue weighted by Crippen LogP contribution is -2.60. The van der Waals surface area contributed by atoms with Gasteiger partial charge in [-0.2, -0.15) is 0 Å². The molecule has 0 spiro atoms. The maximum Gasteiger partial charge on any atom is 0.254 e. The molecule has 2 aromatic carbocycles. The SMILES string of the molecule is CCC(C)(C(=O)Nc1cc(OC)cc(OC)c1)N(CC1CCCN2CCCC[C@@H]12)C(=O)c1ccccc1. The summed E-state index contributed by atoms with van der Waals surface area (Å²) in [6.45, 7) is 6.70. The van der Waals surface area contributed by atoms with Crippen molar-refractivity contribution in [3.63, 3.8) is 0 Å². The highest BCUT2D eigenvalue weighted by Crippen LogP contribution is 2.35. The highest BCUT2D eigenvalue weighted by molar-refractivity contribution is 6.03. The molecule has 2 aromatic rings. The van der Waals surface area contributed by atoms with Crippen LogP contribution in [0.3, 0.4) is 0 Å². The van der Waals surface area contributed by atoms with Gasteiger partial charge < -0.3 is 24.6 Å². The van der Waals surface area contributed by atoms with Crippen LogP contribution in [-0.4, -0.2) is 67.0 Å². The lowest BCUT2D eigenvalue weighted by molar-refractivity contribution is -0.126. The number of carbonyl (C=O) groups excluding carboxylic acids is 2. The summed E-state index contributed by atoms with van der Waals surface area (Å²) >= 11 is 0. The third-order valence-electron chi connectivity index (χ3n) is 8.29. The zero-order valence-corrected chi connectivity index (χ0v) is 22.7. The molecule has 7 nitrogen and oxygen atoms in total. The van der Waals surface area contributed by atoms with Gasteiger partial charge in [0.25, 0.3) is 5.91 Å². The minimum atomic E-state index is -1.04. The first-order valence-electron chi connectivity index (χ1n) is 13.5. The largest absolute Gasteiger partial charge is 0.497 e. The predicted molar refractivity (Wildman–Crippen MR) is 146 cm³/mol. The molecule has 2 heterocycles. The second-order valence-electron chi connectivity index (χ2n) is 10.5. The molecule has 2 aliphatic heterocycles. The van der Waals surface area contributed by atoms with Crippen LogP contribution in [0.5, 0.6) is 11.5 Å². The number of fused-ring (bicyclic) bond motifs is 1. The van der Waals surface area contributed by atoms with E-state index in [1.165, 1.54) is 12.8 Å². The quantitative estimate of drug-likeness (QED) is 0.504. The normalized spacial score (nSPS) is 21.3. The molecule has 0 bridgehead atoms. The maximum absolute atomic E-state index is 14.0. The molecular formula is C30H41N3O4. The van der Waals surface area contributed by atoms with Gasteiger partial charge >= 0.3 is 0 Å². The summed E-state index contributed by atoms with van der Waals surface area (Å²) in [6.07, 6.45) is 6.33. The van der Waals surface area contributed by atoms with Gasteiger partial charge in [0.15, 0.2) is 0 Å². The second kappa shape index (κ2) is 12.0. The van der Waals surface area contributed by atoms with E-state index < -0.39 is 5.54 Å². The van der Waals surface area contributed by atoms with Crippen LogP contribution < -0.4 is 14.8 Å². The molecule has 0 aliphatic carbocycles. The summed E-state index contributed by atoms with van der Waals surface area (Å²) in [5.41, 5.74) is 0.138. The molecular weight excluding hydrogens is 466 g/mol. The van der Waals surface area contributed by atoms with Crippen molar-refractivity contribution >= 4 is 17.5 Å². The number of piperidine rings is 2. The van der Waals surface area contributed by atoms with Crippen LogP contribution in [0.25, 0.3) is 0 Å². The number of ether oxygens (including phenoxy) is 2. The van der Waals surface area contributed by atoms with Gasteiger partial charge in [0, 0.05) is 42.0 Å². The molecule has 3 atom stereocenters. The first kappa shape index (κ1) is 27.0. The molecule has 2 amide bonds. The Balaban J connectivity index is 1.66. The standard InChI is InChI=1S/C30H41N3O4/c1-5-30(2,29(35)31-24-18-25(36-3)20-26(19-24)37-4)33(28(34)22-12-7-6-8-13-22)21-23-14-11-17-32-16-10-9-15-27(23)32/h6-8,12-13,18-20,23,27H,5,9-11,14-17,21H2,1-4H3,(H,31,35)/t23?,27-,30?/m0/s1. The van der Waals surface area contributed by atoms with Crippen LogP contribution in [-0.2, 0) is 4.79 Å². The molecule has 2 unspecified atom stereocenters. The lowest BCUT2D eigenvalue weighted by Gasteiger charge is -2.48. The number of nitrogens with zero attached hydrogens (tertiary/aromatic N) is 2. The van der Waals surface area contributed by atoms with Gasteiger partial charge in [-0.1, -0.05) is 31.5 Å². The molecule has 2 saturated heterocycles. The van der Waals surface area contributed by atoms with Crippen LogP contribution in [0.1, 0.15) is 62.7 Å². The van der Waals surface area contributed by atoms with Crippen molar-refractivity contribution < 1.29 is 19.1 Å². The number of methoxy groups -OCH3 is 2. The van der Waals surface area contributed by atoms with Crippen molar-refractivity contribution in [1.82, 2.24) is 9.80 Å². The van der Waals surface area contributed by atoms with Gasteiger partial charge in [-0.3, -0.25) is 9.59 Å². The Labute approximate surface area is 221 Å². The summed E-state index contributed by atoms with van der Waals surface area (Å²) in [6, 6.07) is 15.1. The smallest absolute Gasteiger partial charge is 0.254 e. The summed E-state index contributed by atoms with van der Waals surface area (Å²) < 4.78 is 10.8. The third kappa shape index (κ3) is 5.93. The number of nitrogens with one attached hydrogen (secondary N) is 1. The minimum absolute atomic E-state index is 0.101. The number of rotatable bonds is 9. The number of hydrogen-bond donors (Lipinski definition) is 1. The van der Waals surface area contributed by atoms with E-state index in [4.69, 9.17) is 9.47 Å². The van der Waals surface area contributed by atoms with E-state index in [1.54, 1.807) is 32.4 Å². The van der Waals surface area contributed by atoms with Crippen LogP contribution in [0.15, 0.2) is 48.5 Å². The summed E-state index contributed by atoms with van der Waals surface area (Å²) in [5.74, 6) is 1.20. The Morgan fingerprint density at radius 1 is 1.00 bits per heavy atom. The fraction of sp³-hybridized carbons (Fsp3) is 0.533. The number of anilines is 1. The van der Waals surface area contributed by atoms with E-state index in [0.29, 0.717) is 47.7 Å². The molecule has 0 saturated carbocycles. The summed E-state index contributed by atoms with van der Waals surface area (Å²) in [4.78, 5) is 32.5. The van der Waals surface area contributed by atoms with Crippen LogP contribution in [0, 0.1) is 5.92 Å². The number of benzene rings is 2. The molecule has 2 aliphatic rings. The first-order valence-corrected chi connectivity index (χ1v) is 13.5. The van der Waals surface area contributed by atoms with Crippen LogP contribution in [0.4, 0.5) is 5.69 Å². The Kier molecular flexibility index (Phi) is 8.75. The third-order valence-corrected chi connectivity index (χ3v) is 8.29. The van der Waals surface area contributed by atoms with Gasteiger partial charge in [0.1, 0.15) is 17.0 Å². The average molecular weight is 508 g/mol. The van der Waals surface area contributed by atoms with Crippen molar-refractivity contribution in [3.05, 3.63) is 54.1 Å². The average Bonchev–Trinajstić information content (AvgIpc) is 2.95. The molecule has 200 valence electrons. The van der Waals surface area contributed by atoms with E-state index >= 15 is 0 Å². The Morgan fingerprint density at radius 2 is 1.68 bits per heavy atom. The second-order valence-corrected chi connectivity index (χ2v) is 10.5. The van der Waals surface area contributed by atoms with Gasteiger partial charge in [0.2, 0.25) is 5.91 Å². The Morgan fingerprint density at radius 3 is 2.32 bits per heavy atom. The van der Waals surface area contributed by atoms with Crippen molar-refractivity contribution in [2.45, 2.75) is 64.0 Å². The van der Waals surface area contributed by atoms with Gasteiger partial charge in [-0.15, -0.1) is 0 Å². The van der Waals surface area contributed by atoms with Crippen molar-refractivity contribution in [2.75, 3.05) is 39.2 Å². The zero-order valence-electron chi connectivity index (χ0n) is 22.7. The van der Waals surface area contributed by atoms with Crippen LogP contribution in [0.2, 0.25) is 0 Å². The summed E-state index contributed by atoms with van der Waals surface area (Å²) in [7, 11) is 3.16. The Bertz CT molecular complexity index is 1050. The fourth-order valence-electron chi connectivity index (χ4n) is 5.89. The fourth-order valence-corrected chi connectivity index (χ4v) is 5.89. The van der Waals surface area contributed by atoms with E-state index in [0.717, 1.165) is 32.4 Å². The zero-order chi connectivity index (χ0) is 26.4. The molecule has 2 fully saturated rings. The molecule has 0 radical (unpaired) electrons. The summed E-state index contributed by atoms with van der Waals surface area (Å²) in [5, 5.41) is 3.06. The topological polar surface area (TPSA) is 71.1 Å². The van der Waals surface area contributed by atoms with Crippen molar-refractivity contribution in [2.24, 2.45) is 5.92 Å². The highest BCUT2D eigenvalue weighted by atomic mass is 16.5. The number of carbonyl (C=O) groups is 2. The number of hydrogen-bond acceptors (Lipinski definition) is 5. The van der Waals surface area contributed by atoms with Gasteiger partial charge in [-0.05, 0) is 70.2 Å². The number of amides is 2. The minimum Gasteiger partial charge on any atom is -0.497 e. The van der Waals surface area contributed by atoms with Crippen molar-refractivity contribution in [3.8, 4) is 11.5 Å². The highest BCUT2D eigenvalue weighted by Gasteiger charge is 2.44. The van der Waals surface area contributed by atoms with E-state index in [-0.39, 0.29) is 11.8 Å². The van der Waals surface area contributed by atoms with Gasteiger partial charge in [-0.25, -0.2) is 0 Å². The molecule has 4 rings (SSSR count). The van der Waals surface area contributed by atoms with Gasteiger partial charge in [0.05, 0.1) is 14.2 Å². The molecule has 7 heteroatoms. The molecule has 0 aromatic heterocycles. The molecule has 1 N–H and O–H groups in total. The van der Waals surface area contributed by atoms with E-state index in [9.17, 15) is 9.59 Å². The first-order chi connectivity index (χ1) is 17.9. The molecule has 37 heavy (non-hydrogen) atoms. The monoisotopic (exact) mass is 507 g/mol. The van der Waals surface area contributed by atoms with E-state index in [2.05, 4.69) is 10.2 Å². The Hall–Kier alpha value is -3.06. The predicted octanol–water partition coefficient (Wildman–Crippen LogP) is 5.22. The van der Waals surface area contributed by atoms with Crippen LogP contribution >= 0.6 is 0 Å². The maximum atomic E-state index is 14.0. The van der Waals surface area contributed by atoms with Crippen molar-refractivity contribution in [1.29, 1.82) is 0 Å². The lowest BCUT2D eigenvalue weighted by atomic mass is 9.81.